The molecule has 0 aliphatic carbocycles. The molecular weight excluding hydrogens is 364 g/mol. The summed E-state index contributed by atoms with van der Waals surface area (Å²) in [5.74, 6) is 1.78. The number of amides is 3. The van der Waals surface area contributed by atoms with Crippen LogP contribution in [0.15, 0.2) is 24.3 Å². The van der Waals surface area contributed by atoms with Crippen LogP contribution in [0.3, 0.4) is 0 Å². The van der Waals surface area contributed by atoms with Crippen LogP contribution in [-0.2, 0) is 17.9 Å². The Morgan fingerprint density at radius 3 is 2.62 bits per heavy atom. The molecule has 0 radical (unpaired) electrons. The average molecular weight is 401 g/mol. The van der Waals surface area contributed by atoms with E-state index in [1.54, 1.807) is 0 Å². The fraction of sp³-hybridized carbons (Fsp3) is 0.652. The van der Waals surface area contributed by atoms with Gasteiger partial charge in [0.25, 0.3) is 0 Å². The van der Waals surface area contributed by atoms with Gasteiger partial charge in [0, 0.05) is 45.7 Å². The fourth-order valence-electron chi connectivity index (χ4n) is 4.65. The summed E-state index contributed by atoms with van der Waals surface area (Å²) in [4.78, 5) is 28.3. The van der Waals surface area contributed by atoms with E-state index in [0.29, 0.717) is 26.1 Å². The highest BCUT2D eigenvalue weighted by Crippen LogP contribution is 2.20. The summed E-state index contributed by atoms with van der Waals surface area (Å²) in [6.07, 6.45) is 3.92. The molecule has 29 heavy (non-hydrogen) atoms. The molecule has 3 amide bonds. The quantitative estimate of drug-likeness (QED) is 0.660. The molecule has 2 N–H and O–H groups in total. The molecule has 3 rings (SSSR count). The second kappa shape index (κ2) is 10.6. The Morgan fingerprint density at radius 1 is 1.14 bits per heavy atom. The van der Waals surface area contributed by atoms with Gasteiger partial charge in [-0.05, 0) is 48.8 Å². The average Bonchev–Trinajstić information content (AvgIpc) is 3.08. The zero-order chi connectivity index (χ0) is 20.6. The summed E-state index contributed by atoms with van der Waals surface area (Å²) in [5.41, 5.74) is 2.17. The van der Waals surface area contributed by atoms with Gasteiger partial charge in [0.05, 0.1) is 0 Å². The molecule has 1 aromatic rings. The largest absolute Gasteiger partial charge is 0.338 e. The standard InChI is InChI=1S/C23H36N4O2/c1-18-12-19(2)16-26(15-18)10-5-9-24-23(29)25-14-20-6-3-7-21(13-20)17-27-11-4-8-22(27)28/h3,6-7,13,18-19H,4-5,8-12,14-17H2,1-2H3,(H2,24,25,29). The number of benzene rings is 1. The highest BCUT2D eigenvalue weighted by Gasteiger charge is 2.21. The Labute approximate surface area is 175 Å². The third-order valence-corrected chi connectivity index (χ3v) is 5.87. The lowest BCUT2D eigenvalue weighted by Gasteiger charge is -2.34. The monoisotopic (exact) mass is 400 g/mol. The number of carbonyl (C=O) groups is 2. The van der Waals surface area contributed by atoms with Gasteiger partial charge in [0.1, 0.15) is 0 Å². The van der Waals surface area contributed by atoms with Crippen molar-refractivity contribution in [2.75, 3.05) is 32.7 Å². The number of hydrogen-bond acceptors (Lipinski definition) is 3. The van der Waals surface area contributed by atoms with Crippen LogP contribution in [0.5, 0.6) is 0 Å². The normalized spacial score (nSPS) is 22.7. The summed E-state index contributed by atoms with van der Waals surface area (Å²) >= 11 is 0. The number of nitrogens with zero attached hydrogens (tertiary/aromatic N) is 2. The Bertz CT molecular complexity index is 683. The van der Waals surface area contributed by atoms with E-state index >= 15 is 0 Å². The highest BCUT2D eigenvalue weighted by atomic mass is 16.2. The summed E-state index contributed by atoms with van der Waals surface area (Å²) < 4.78 is 0. The number of hydrogen-bond donors (Lipinski definition) is 2. The Balaban J connectivity index is 1.33. The molecule has 2 atom stereocenters. The maximum absolute atomic E-state index is 12.1. The van der Waals surface area contributed by atoms with E-state index in [-0.39, 0.29) is 11.9 Å². The van der Waals surface area contributed by atoms with Crippen LogP contribution in [-0.4, -0.2) is 54.5 Å². The molecule has 6 heteroatoms. The van der Waals surface area contributed by atoms with Gasteiger partial charge in [-0.1, -0.05) is 38.1 Å². The third-order valence-electron chi connectivity index (χ3n) is 5.87. The Hall–Kier alpha value is -2.08. The van der Waals surface area contributed by atoms with Crippen molar-refractivity contribution in [3.05, 3.63) is 35.4 Å². The van der Waals surface area contributed by atoms with E-state index in [1.165, 1.54) is 19.5 Å². The molecule has 2 aliphatic heterocycles. The van der Waals surface area contributed by atoms with Crippen LogP contribution in [0, 0.1) is 11.8 Å². The topological polar surface area (TPSA) is 64.7 Å². The van der Waals surface area contributed by atoms with Crippen molar-refractivity contribution >= 4 is 11.9 Å². The fourth-order valence-corrected chi connectivity index (χ4v) is 4.65. The van der Waals surface area contributed by atoms with Crippen molar-refractivity contribution in [1.29, 1.82) is 0 Å². The number of rotatable bonds is 8. The van der Waals surface area contributed by atoms with Crippen molar-refractivity contribution < 1.29 is 9.59 Å². The molecule has 2 fully saturated rings. The first-order valence-corrected chi connectivity index (χ1v) is 11.1. The molecule has 2 saturated heterocycles. The van der Waals surface area contributed by atoms with Gasteiger partial charge in [-0.3, -0.25) is 4.79 Å². The summed E-state index contributed by atoms with van der Waals surface area (Å²) in [5, 5.41) is 5.90. The first-order valence-electron chi connectivity index (χ1n) is 11.1. The van der Waals surface area contributed by atoms with Gasteiger partial charge in [-0.25, -0.2) is 4.79 Å². The molecule has 2 aliphatic rings. The molecule has 0 spiro atoms. The van der Waals surface area contributed by atoms with Crippen molar-refractivity contribution in [2.24, 2.45) is 11.8 Å². The van der Waals surface area contributed by atoms with Gasteiger partial charge in [0.2, 0.25) is 5.91 Å². The predicted molar refractivity (Wildman–Crippen MR) is 115 cm³/mol. The van der Waals surface area contributed by atoms with Crippen molar-refractivity contribution in [3.63, 3.8) is 0 Å². The molecule has 0 saturated carbocycles. The van der Waals surface area contributed by atoms with Crippen LogP contribution in [0.4, 0.5) is 4.79 Å². The lowest BCUT2D eigenvalue weighted by atomic mass is 9.92. The summed E-state index contributed by atoms with van der Waals surface area (Å²) in [7, 11) is 0. The first kappa shape index (κ1) is 21.6. The molecule has 1 aromatic carbocycles. The van der Waals surface area contributed by atoms with E-state index < -0.39 is 0 Å². The number of carbonyl (C=O) groups excluding carboxylic acids is 2. The summed E-state index contributed by atoms with van der Waals surface area (Å²) in [6, 6.07) is 7.99. The molecular formula is C23H36N4O2. The molecule has 0 bridgehead atoms. The van der Waals surface area contributed by atoms with Crippen LogP contribution >= 0.6 is 0 Å². The molecule has 2 unspecified atom stereocenters. The number of urea groups is 1. The van der Waals surface area contributed by atoms with E-state index in [4.69, 9.17) is 0 Å². The van der Waals surface area contributed by atoms with Gasteiger partial charge >= 0.3 is 6.03 Å². The zero-order valence-electron chi connectivity index (χ0n) is 18.0. The maximum Gasteiger partial charge on any atom is 0.315 e. The van der Waals surface area contributed by atoms with E-state index in [2.05, 4.69) is 35.4 Å². The van der Waals surface area contributed by atoms with E-state index in [9.17, 15) is 9.59 Å². The van der Waals surface area contributed by atoms with Crippen LogP contribution in [0.1, 0.15) is 50.7 Å². The molecule has 0 aromatic heterocycles. The zero-order valence-corrected chi connectivity index (χ0v) is 18.0. The second-order valence-corrected chi connectivity index (χ2v) is 8.91. The minimum Gasteiger partial charge on any atom is -0.338 e. The van der Waals surface area contributed by atoms with Crippen molar-refractivity contribution in [1.82, 2.24) is 20.4 Å². The molecule has 2 heterocycles. The Kier molecular flexibility index (Phi) is 7.92. The molecule has 160 valence electrons. The lowest BCUT2D eigenvalue weighted by Crippen LogP contribution is -2.41. The smallest absolute Gasteiger partial charge is 0.315 e. The van der Waals surface area contributed by atoms with Gasteiger partial charge in [0.15, 0.2) is 0 Å². The van der Waals surface area contributed by atoms with Gasteiger partial charge < -0.3 is 20.4 Å². The van der Waals surface area contributed by atoms with Crippen LogP contribution in [0.25, 0.3) is 0 Å². The minimum atomic E-state index is -0.120. The second-order valence-electron chi connectivity index (χ2n) is 8.91. The number of likely N-dealkylation sites (tertiary alicyclic amines) is 2. The van der Waals surface area contributed by atoms with Crippen LogP contribution < -0.4 is 10.6 Å². The number of piperidine rings is 1. The van der Waals surface area contributed by atoms with Crippen LogP contribution in [0.2, 0.25) is 0 Å². The highest BCUT2D eigenvalue weighted by molar-refractivity contribution is 5.78. The SMILES string of the molecule is CC1CC(C)CN(CCCNC(=O)NCc2cccc(CN3CCCC3=O)c2)C1. The van der Waals surface area contributed by atoms with E-state index in [1.807, 2.05) is 23.1 Å². The lowest BCUT2D eigenvalue weighted by molar-refractivity contribution is -0.128. The summed E-state index contributed by atoms with van der Waals surface area (Å²) in [6.45, 7) is 10.7. The maximum atomic E-state index is 12.1. The Morgan fingerprint density at radius 2 is 1.90 bits per heavy atom. The van der Waals surface area contributed by atoms with Crippen molar-refractivity contribution in [3.8, 4) is 0 Å². The first-order chi connectivity index (χ1) is 14.0. The third kappa shape index (κ3) is 7.03. The molecule has 6 nitrogen and oxygen atoms in total. The number of nitrogens with one attached hydrogen (secondary N) is 2. The van der Waals surface area contributed by atoms with Crippen molar-refractivity contribution in [2.45, 2.75) is 52.6 Å². The van der Waals surface area contributed by atoms with Gasteiger partial charge in [-0.15, -0.1) is 0 Å². The van der Waals surface area contributed by atoms with Gasteiger partial charge in [-0.2, -0.15) is 0 Å². The van der Waals surface area contributed by atoms with E-state index in [0.717, 1.165) is 48.9 Å². The predicted octanol–water partition coefficient (Wildman–Crippen LogP) is 2.98. The minimum absolute atomic E-state index is 0.120.